The fraction of sp³-hybridized carbons (Fsp3) is 0.636. The highest BCUT2D eigenvalue weighted by atomic mass is 16.5. The van der Waals surface area contributed by atoms with Crippen molar-refractivity contribution in [3.05, 3.63) is 6.33 Å². The summed E-state index contributed by atoms with van der Waals surface area (Å²) in [7, 11) is 1.61. The SMILES string of the molecule is COCCOc1ncnc(NCC(C)C)c1N. The molecule has 0 unspecified atom stereocenters. The fourth-order valence-electron chi connectivity index (χ4n) is 1.16. The Labute approximate surface area is 102 Å². The largest absolute Gasteiger partial charge is 0.474 e. The van der Waals surface area contributed by atoms with Gasteiger partial charge in [-0.25, -0.2) is 4.98 Å². The van der Waals surface area contributed by atoms with E-state index in [2.05, 4.69) is 29.1 Å². The number of hydrogen-bond acceptors (Lipinski definition) is 6. The first-order valence-corrected chi connectivity index (χ1v) is 5.61. The van der Waals surface area contributed by atoms with E-state index in [1.54, 1.807) is 7.11 Å². The number of nitrogens with zero attached hydrogens (tertiary/aromatic N) is 2. The van der Waals surface area contributed by atoms with Crippen molar-refractivity contribution in [1.29, 1.82) is 0 Å². The lowest BCUT2D eigenvalue weighted by Gasteiger charge is -2.12. The maximum absolute atomic E-state index is 5.90. The van der Waals surface area contributed by atoms with Crippen molar-refractivity contribution >= 4 is 11.5 Å². The van der Waals surface area contributed by atoms with E-state index in [1.165, 1.54) is 6.33 Å². The van der Waals surface area contributed by atoms with Crippen LogP contribution in [0.15, 0.2) is 6.33 Å². The van der Waals surface area contributed by atoms with E-state index in [0.717, 1.165) is 6.54 Å². The smallest absolute Gasteiger partial charge is 0.242 e. The van der Waals surface area contributed by atoms with Crippen LogP contribution in [-0.4, -0.2) is 36.8 Å². The molecule has 1 aromatic heterocycles. The maximum atomic E-state index is 5.90. The molecule has 0 aliphatic rings. The molecule has 0 spiro atoms. The number of nitrogens with one attached hydrogen (secondary N) is 1. The minimum atomic E-state index is 0.392. The summed E-state index contributed by atoms with van der Waals surface area (Å²) in [5.41, 5.74) is 6.33. The van der Waals surface area contributed by atoms with Gasteiger partial charge in [-0.3, -0.25) is 0 Å². The molecule has 0 aromatic carbocycles. The monoisotopic (exact) mass is 240 g/mol. The number of hydrogen-bond donors (Lipinski definition) is 2. The van der Waals surface area contributed by atoms with Crippen LogP contribution in [0.1, 0.15) is 13.8 Å². The second-order valence-electron chi connectivity index (χ2n) is 4.06. The van der Waals surface area contributed by atoms with E-state index in [1.807, 2.05) is 0 Å². The summed E-state index contributed by atoms with van der Waals surface area (Å²) in [5.74, 6) is 1.52. The molecule has 0 bridgehead atoms. The van der Waals surface area contributed by atoms with Gasteiger partial charge in [0.25, 0.3) is 0 Å². The van der Waals surface area contributed by atoms with Crippen molar-refractivity contribution < 1.29 is 9.47 Å². The zero-order valence-electron chi connectivity index (χ0n) is 10.6. The average molecular weight is 240 g/mol. The van der Waals surface area contributed by atoms with Gasteiger partial charge >= 0.3 is 0 Å². The van der Waals surface area contributed by atoms with E-state index in [0.29, 0.717) is 36.5 Å². The molecule has 0 aliphatic carbocycles. The van der Waals surface area contributed by atoms with Gasteiger partial charge in [-0.05, 0) is 5.92 Å². The van der Waals surface area contributed by atoms with Crippen LogP contribution in [0, 0.1) is 5.92 Å². The Hall–Kier alpha value is -1.56. The van der Waals surface area contributed by atoms with Gasteiger partial charge in [-0.2, -0.15) is 4.98 Å². The molecular weight excluding hydrogens is 220 g/mol. The van der Waals surface area contributed by atoms with E-state index in [-0.39, 0.29) is 0 Å². The van der Waals surface area contributed by atoms with E-state index in [4.69, 9.17) is 15.2 Å². The molecule has 0 saturated carbocycles. The Balaban J connectivity index is 2.63. The topological polar surface area (TPSA) is 82.3 Å². The molecule has 1 heterocycles. The molecule has 0 aliphatic heterocycles. The number of ether oxygens (including phenoxy) is 2. The molecule has 96 valence electrons. The van der Waals surface area contributed by atoms with Gasteiger partial charge < -0.3 is 20.5 Å². The molecule has 0 amide bonds. The van der Waals surface area contributed by atoms with Crippen molar-refractivity contribution in [2.75, 3.05) is 37.9 Å². The van der Waals surface area contributed by atoms with Gasteiger partial charge in [0.1, 0.15) is 18.6 Å². The Morgan fingerprint density at radius 2 is 2.12 bits per heavy atom. The van der Waals surface area contributed by atoms with E-state index >= 15 is 0 Å². The van der Waals surface area contributed by atoms with Crippen LogP contribution in [-0.2, 0) is 4.74 Å². The number of nitrogen functional groups attached to an aromatic ring is 1. The summed E-state index contributed by atoms with van der Waals surface area (Å²) in [6, 6.07) is 0. The third-order valence-corrected chi connectivity index (χ3v) is 2.05. The molecule has 1 rings (SSSR count). The molecule has 6 nitrogen and oxygen atoms in total. The Morgan fingerprint density at radius 1 is 1.35 bits per heavy atom. The van der Waals surface area contributed by atoms with Gasteiger partial charge in [0.05, 0.1) is 6.61 Å². The van der Waals surface area contributed by atoms with Gasteiger partial charge in [0, 0.05) is 13.7 Å². The summed E-state index contributed by atoms with van der Waals surface area (Å²) in [6.07, 6.45) is 1.43. The van der Waals surface area contributed by atoms with Crippen LogP contribution in [0.4, 0.5) is 11.5 Å². The minimum absolute atomic E-state index is 0.392. The van der Waals surface area contributed by atoms with Crippen molar-refractivity contribution in [2.24, 2.45) is 5.92 Å². The molecule has 0 fully saturated rings. The van der Waals surface area contributed by atoms with Gasteiger partial charge in [0.15, 0.2) is 5.82 Å². The summed E-state index contributed by atoms with van der Waals surface area (Å²) < 4.78 is 10.3. The third kappa shape index (κ3) is 4.44. The Morgan fingerprint density at radius 3 is 2.76 bits per heavy atom. The van der Waals surface area contributed by atoms with Gasteiger partial charge in [0.2, 0.25) is 5.88 Å². The lowest BCUT2D eigenvalue weighted by atomic mass is 10.2. The molecule has 3 N–H and O–H groups in total. The zero-order chi connectivity index (χ0) is 12.7. The number of aromatic nitrogens is 2. The second-order valence-corrected chi connectivity index (χ2v) is 4.06. The van der Waals surface area contributed by atoms with Crippen LogP contribution in [0.3, 0.4) is 0 Å². The number of anilines is 2. The first kappa shape index (κ1) is 13.5. The first-order valence-electron chi connectivity index (χ1n) is 5.61. The maximum Gasteiger partial charge on any atom is 0.242 e. The zero-order valence-corrected chi connectivity index (χ0v) is 10.6. The quantitative estimate of drug-likeness (QED) is 0.696. The molecular formula is C11H20N4O2. The predicted octanol–water partition coefficient (Wildman–Crippen LogP) is 1.15. The number of methoxy groups -OCH3 is 1. The molecule has 1 aromatic rings. The Kier molecular flexibility index (Phi) is 5.48. The summed E-state index contributed by atoms with van der Waals surface area (Å²) in [4.78, 5) is 8.06. The highest BCUT2D eigenvalue weighted by molar-refractivity contribution is 5.66. The van der Waals surface area contributed by atoms with Crippen molar-refractivity contribution in [1.82, 2.24) is 9.97 Å². The molecule has 17 heavy (non-hydrogen) atoms. The first-order chi connectivity index (χ1) is 8.15. The number of rotatable bonds is 7. The predicted molar refractivity (Wildman–Crippen MR) is 67.1 cm³/mol. The second kappa shape index (κ2) is 6.90. The third-order valence-electron chi connectivity index (χ3n) is 2.05. The van der Waals surface area contributed by atoms with Gasteiger partial charge in [-0.15, -0.1) is 0 Å². The highest BCUT2D eigenvalue weighted by Crippen LogP contribution is 2.24. The molecule has 0 atom stereocenters. The Bertz CT molecular complexity index is 344. The van der Waals surface area contributed by atoms with Crippen LogP contribution in [0.5, 0.6) is 5.88 Å². The number of nitrogens with two attached hydrogens (primary N) is 1. The van der Waals surface area contributed by atoms with Crippen LogP contribution < -0.4 is 15.8 Å². The van der Waals surface area contributed by atoms with Crippen LogP contribution >= 0.6 is 0 Å². The lowest BCUT2D eigenvalue weighted by Crippen LogP contribution is -2.13. The standard InChI is InChI=1S/C11H20N4O2/c1-8(2)6-13-10-9(12)11(15-7-14-10)17-5-4-16-3/h7-8H,4-6,12H2,1-3H3,(H,13,14,15). The molecule has 0 saturated heterocycles. The van der Waals surface area contributed by atoms with Gasteiger partial charge in [-0.1, -0.05) is 13.8 Å². The van der Waals surface area contributed by atoms with E-state index < -0.39 is 0 Å². The fourth-order valence-corrected chi connectivity index (χ4v) is 1.16. The minimum Gasteiger partial charge on any atom is -0.474 e. The molecule has 6 heteroatoms. The van der Waals surface area contributed by atoms with E-state index in [9.17, 15) is 0 Å². The average Bonchev–Trinajstić information content (AvgIpc) is 2.30. The van der Waals surface area contributed by atoms with Crippen LogP contribution in [0.2, 0.25) is 0 Å². The summed E-state index contributed by atoms with van der Waals surface area (Å²) >= 11 is 0. The van der Waals surface area contributed by atoms with Crippen molar-refractivity contribution in [2.45, 2.75) is 13.8 Å². The highest BCUT2D eigenvalue weighted by Gasteiger charge is 2.09. The lowest BCUT2D eigenvalue weighted by molar-refractivity contribution is 0.144. The van der Waals surface area contributed by atoms with Crippen molar-refractivity contribution in [3.8, 4) is 5.88 Å². The van der Waals surface area contributed by atoms with Crippen LogP contribution in [0.25, 0.3) is 0 Å². The molecule has 0 radical (unpaired) electrons. The van der Waals surface area contributed by atoms with Crippen molar-refractivity contribution in [3.63, 3.8) is 0 Å². The summed E-state index contributed by atoms with van der Waals surface area (Å²) in [5, 5.41) is 3.16. The summed E-state index contributed by atoms with van der Waals surface area (Å²) in [6.45, 7) is 5.94. The normalized spacial score (nSPS) is 10.6.